The molecule has 22 aromatic carbocycles. The first-order valence-electron chi connectivity index (χ1n) is 47.9. The standard InChI is InChI=1S/C132H90N8/c1-8-29-91(30-9-1)93-55-67-108(68-56-93)135(112-81-85-128-123(87-112)118-44-23-26-49-126(118)137(128)102-35-14-4-15-36-102)110-75-63-97(64-76-110)98-65-77-111(78-66-98)136(113-82-86-129-124(88-113)119-45-24-27-50-127(119)138(129)103-37-16-5-17-38-103)109-73-57-94(58-74-109)92-51-53-99(54-52-92)116-46-28-47-122-121-84-80-115(90-131(121)140(132(116)122)105-41-20-7-21-42-105)134(101-33-12-3-13-34-101)107-71-61-96(62-72-107)95-59-69-106(70-60-95)133(100-31-10-2-11-32-100)114-79-83-120-117-43-22-25-48-125(117)139(130(120)89-114)104-39-18-6-19-40-104/h1-90H. The van der Waals surface area contributed by atoms with Gasteiger partial charge in [0.25, 0.3) is 0 Å². The Balaban J connectivity index is 0.515. The van der Waals surface area contributed by atoms with E-state index >= 15 is 0 Å². The zero-order valence-electron chi connectivity index (χ0n) is 76.5. The fourth-order valence-electron chi connectivity index (χ4n) is 21.4. The van der Waals surface area contributed by atoms with Crippen LogP contribution in [-0.2, 0) is 0 Å². The molecule has 4 heterocycles. The van der Waals surface area contributed by atoms with Crippen molar-refractivity contribution >= 4 is 155 Å². The first-order valence-corrected chi connectivity index (χ1v) is 47.9. The average molecular weight is 1790 g/mol. The summed E-state index contributed by atoms with van der Waals surface area (Å²) in [4.78, 5) is 9.54. The lowest BCUT2D eigenvalue weighted by Crippen LogP contribution is -2.10. The van der Waals surface area contributed by atoms with Crippen molar-refractivity contribution in [2.24, 2.45) is 0 Å². The van der Waals surface area contributed by atoms with Crippen LogP contribution in [0, 0.1) is 0 Å². The number of hydrogen-bond acceptors (Lipinski definition) is 4. The van der Waals surface area contributed by atoms with Crippen molar-refractivity contribution < 1.29 is 0 Å². The molecule has 0 aliphatic carbocycles. The van der Waals surface area contributed by atoms with Crippen molar-refractivity contribution in [1.82, 2.24) is 18.3 Å². The van der Waals surface area contributed by atoms with Crippen molar-refractivity contribution in [1.29, 1.82) is 0 Å². The van der Waals surface area contributed by atoms with Crippen LogP contribution in [0.15, 0.2) is 546 Å². The molecule has 0 radical (unpaired) electrons. The molecule has 8 nitrogen and oxygen atoms in total. The maximum absolute atomic E-state index is 2.47. The van der Waals surface area contributed by atoms with Gasteiger partial charge in [-0.15, -0.1) is 0 Å². The highest BCUT2D eigenvalue weighted by Crippen LogP contribution is 2.49. The molecule has 0 amide bonds. The molecule has 0 saturated carbocycles. The third kappa shape index (κ3) is 14.6. The first kappa shape index (κ1) is 82.0. The molecule has 658 valence electrons. The van der Waals surface area contributed by atoms with E-state index in [0.717, 1.165) is 169 Å². The van der Waals surface area contributed by atoms with E-state index in [-0.39, 0.29) is 0 Å². The van der Waals surface area contributed by atoms with Crippen LogP contribution in [0.1, 0.15) is 0 Å². The van der Waals surface area contributed by atoms with Crippen molar-refractivity contribution in [3.63, 3.8) is 0 Å². The Morgan fingerprint density at radius 1 is 0.114 bits per heavy atom. The minimum absolute atomic E-state index is 1.04. The molecular formula is C132H90N8. The van der Waals surface area contributed by atoms with Crippen molar-refractivity contribution in [2.45, 2.75) is 0 Å². The molecule has 0 fully saturated rings. The van der Waals surface area contributed by atoms with E-state index in [2.05, 4.69) is 584 Å². The van der Waals surface area contributed by atoms with E-state index < -0.39 is 0 Å². The van der Waals surface area contributed by atoms with Gasteiger partial charge in [0.15, 0.2) is 0 Å². The Kier molecular flexibility index (Phi) is 20.4. The van der Waals surface area contributed by atoms with Crippen molar-refractivity contribution in [3.05, 3.63) is 546 Å². The molecule has 8 heteroatoms. The molecule has 26 rings (SSSR count). The van der Waals surface area contributed by atoms with Crippen LogP contribution in [0.4, 0.5) is 68.2 Å². The fraction of sp³-hybridized carbons (Fsp3) is 0. The lowest BCUT2D eigenvalue weighted by atomic mass is 9.98. The quantitative estimate of drug-likeness (QED) is 0.0718. The molecule has 0 spiro atoms. The van der Waals surface area contributed by atoms with Gasteiger partial charge in [0.1, 0.15) is 0 Å². The third-order valence-electron chi connectivity index (χ3n) is 27.9. The summed E-state index contributed by atoms with van der Waals surface area (Å²) >= 11 is 0. The highest BCUT2D eigenvalue weighted by molar-refractivity contribution is 6.17. The zero-order chi connectivity index (χ0) is 92.5. The molecular weight excluding hydrogens is 1700 g/mol. The molecule has 0 N–H and O–H groups in total. The molecule has 26 aromatic rings. The second-order valence-corrected chi connectivity index (χ2v) is 36.0. The van der Waals surface area contributed by atoms with Gasteiger partial charge in [0.2, 0.25) is 0 Å². The Morgan fingerprint density at radius 3 is 0.679 bits per heavy atom. The summed E-state index contributed by atoms with van der Waals surface area (Å²) in [6.07, 6.45) is 0. The monoisotopic (exact) mass is 1790 g/mol. The molecule has 0 aliphatic heterocycles. The summed E-state index contributed by atoms with van der Waals surface area (Å²) in [7, 11) is 0. The molecule has 0 unspecified atom stereocenters. The van der Waals surface area contributed by atoms with Gasteiger partial charge < -0.3 is 37.9 Å². The largest absolute Gasteiger partial charge is 0.310 e. The summed E-state index contributed by atoms with van der Waals surface area (Å²) < 4.78 is 9.63. The third-order valence-corrected chi connectivity index (χ3v) is 27.9. The molecule has 0 aliphatic rings. The highest BCUT2D eigenvalue weighted by Gasteiger charge is 2.26. The van der Waals surface area contributed by atoms with Crippen LogP contribution in [0.2, 0.25) is 0 Å². The zero-order valence-corrected chi connectivity index (χ0v) is 76.5. The van der Waals surface area contributed by atoms with E-state index in [1.165, 1.54) is 65.3 Å². The second kappa shape index (κ2) is 34.9. The number of anilines is 12. The minimum Gasteiger partial charge on any atom is -0.310 e. The van der Waals surface area contributed by atoms with E-state index in [0.29, 0.717) is 0 Å². The average Bonchev–Trinajstić information content (AvgIpc) is 1.59. The number of rotatable bonds is 21. The normalized spacial score (nSPS) is 11.6. The Bertz CT molecular complexity index is 9080. The first-order chi connectivity index (χ1) is 69.4. The van der Waals surface area contributed by atoms with Gasteiger partial charge in [0, 0.05) is 140 Å². The molecule has 0 bridgehead atoms. The van der Waals surface area contributed by atoms with Gasteiger partial charge in [-0.3, -0.25) is 0 Å². The SMILES string of the molecule is c1ccc(-c2ccc(N(c3ccc(-c4ccc(N(c5ccc(-c6ccc(-c7cccc8c9ccc(N(c%10ccccc%10)c%10ccc(-c%11ccc(N(c%12ccccc%12)c%12ccc%13c%14ccccc%14n(-c%14ccccc%14)c%13c%12)cc%11)cc%10)cc9n(-c9ccccc9)c78)cc6)cc5)c5ccc6c(c5)c5ccccc5n6-c5ccccc5)cc4)cc3)c3ccc4c(c3)c3ccccc3n4-c3ccccc3)cc2)cc1. The predicted octanol–water partition coefficient (Wildman–Crippen LogP) is 36.3. The summed E-state index contributed by atoms with van der Waals surface area (Å²) in [5, 5.41) is 9.59. The number of fused-ring (bicyclic) bond motifs is 12. The van der Waals surface area contributed by atoms with Crippen LogP contribution in [0.5, 0.6) is 0 Å². The number of nitrogens with zero attached hydrogens (tertiary/aromatic N) is 8. The Labute approximate surface area is 812 Å². The van der Waals surface area contributed by atoms with Crippen LogP contribution in [0.3, 0.4) is 0 Å². The number of hydrogen-bond donors (Lipinski definition) is 0. The lowest BCUT2D eigenvalue weighted by molar-refractivity contribution is 1.18. The summed E-state index contributed by atoms with van der Waals surface area (Å²) in [6.45, 7) is 0. The van der Waals surface area contributed by atoms with Crippen LogP contribution in [0.25, 0.3) is 166 Å². The molecule has 0 atom stereocenters. The van der Waals surface area contributed by atoms with Gasteiger partial charge in [-0.2, -0.15) is 0 Å². The van der Waals surface area contributed by atoms with Gasteiger partial charge in [-0.25, -0.2) is 0 Å². The summed E-state index contributed by atoms with van der Waals surface area (Å²) in [5.41, 5.74) is 37.9. The predicted molar refractivity (Wildman–Crippen MR) is 590 cm³/mol. The number of aromatic nitrogens is 4. The van der Waals surface area contributed by atoms with E-state index in [1.807, 2.05) is 0 Å². The van der Waals surface area contributed by atoms with E-state index in [4.69, 9.17) is 0 Å². The second-order valence-electron chi connectivity index (χ2n) is 36.0. The van der Waals surface area contributed by atoms with E-state index in [9.17, 15) is 0 Å². The maximum Gasteiger partial charge on any atom is 0.0619 e. The van der Waals surface area contributed by atoms with Gasteiger partial charge in [0.05, 0.1) is 44.1 Å². The summed E-state index contributed by atoms with van der Waals surface area (Å²) in [6, 6.07) is 199. The highest BCUT2D eigenvalue weighted by atomic mass is 15.2. The van der Waals surface area contributed by atoms with Crippen LogP contribution < -0.4 is 19.6 Å². The van der Waals surface area contributed by atoms with Crippen LogP contribution in [-0.4, -0.2) is 18.3 Å². The maximum atomic E-state index is 2.47. The molecule has 140 heavy (non-hydrogen) atoms. The lowest BCUT2D eigenvalue weighted by Gasteiger charge is -2.27. The van der Waals surface area contributed by atoms with Crippen molar-refractivity contribution in [3.8, 4) is 78.4 Å². The number of benzene rings is 22. The topological polar surface area (TPSA) is 32.7 Å². The van der Waals surface area contributed by atoms with Crippen molar-refractivity contribution in [2.75, 3.05) is 19.6 Å². The molecule has 0 saturated heterocycles. The smallest absolute Gasteiger partial charge is 0.0619 e. The summed E-state index contributed by atoms with van der Waals surface area (Å²) in [5.74, 6) is 0. The van der Waals surface area contributed by atoms with E-state index in [1.54, 1.807) is 0 Å². The minimum atomic E-state index is 1.04. The fourth-order valence-corrected chi connectivity index (χ4v) is 21.4. The Morgan fingerprint density at radius 2 is 0.329 bits per heavy atom. The Hall–Kier alpha value is -18.8. The van der Waals surface area contributed by atoms with Gasteiger partial charge in [-0.05, 0) is 275 Å². The van der Waals surface area contributed by atoms with Gasteiger partial charge in [-0.1, -0.05) is 322 Å². The van der Waals surface area contributed by atoms with Crippen LogP contribution >= 0.6 is 0 Å². The van der Waals surface area contributed by atoms with Gasteiger partial charge >= 0.3 is 0 Å². The molecule has 4 aromatic heterocycles. The number of para-hydroxylation sites is 10.